The highest BCUT2D eigenvalue weighted by Crippen LogP contribution is 2.52. The first-order chi connectivity index (χ1) is 19.6. The number of para-hydroxylation sites is 2. The van der Waals surface area contributed by atoms with Crippen LogP contribution in [-0.4, -0.2) is 9.97 Å². The summed E-state index contributed by atoms with van der Waals surface area (Å²) >= 11 is 0. The van der Waals surface area contributed by atoms with E-state index in [1.165, 1.54) is 16.7 Å². The second kappa shape index (κ2) is 8.49. The smallest absolute Gasteiger partial charge is 0.160 e. The molecule has 0 saturated carbocycles. The highest BCUT2D eigenvalue weighted by molar-refractivity contribution is 6.10. The normalized spacial score (nSPS) is 13.4. The van der Waals surface area contributed by atoms with Gasteiger partial charge in [0.05, 0.1) is 11.4 Å². The van der Waals surface area contributed by atoms with Gasteiger partial charge in [-0.1, -0.05) is 117 Å². The summed E-state index contributed by atoms with van der Waals surface area (Å²) in [6, 6.07) is 42.2. The maximum absolute atomic E-state index is 6.51. The van der Waals surface area contributed by atoms with Crippen LogP contribution in [0.25, 0.3) is 67.0 Å². The molecule has 0 saturated heterocycles. The van der Waals surface area contributed by atoms with Gasteiger partial charge in [-0.15, -0.1) is 0 Å². The Morgan fingerprint density at radius 1 is 0.550 bits per heavy atom. The quantitative estimate of drug-likeness (QED) is 0.236. The third-order valence-corrected chi connectivity index (χ3v) is 8.28. The van der Waals surface area contributed by atoms with Crippen LogP contribution >= 0.6 is 0 Å². The van der Waals surface area contributed by atoms with Crippen LogP contribution < -0.4 is 0 Å². The van der Waals surface area contributed by atoms with E-state index in [1.807, 2.05) is 18.2 Å². The fourth-order valence-corrected chi connectivity index (χ4v) is 6.34. The molecule has 1 aliphatic carbocycles. The van der Waals surface area contributed by atoms with Crippen molar-refractivity contribution in [2.24, 2.45) is 0 Å². The highest BCUT2D eigenvalue weighted by atomic mass is 16.3. The Hall–Kier alpha value is -5.02. The van der Waals surface area contributed by atoms with Crippen LogP contribution in [0.5, 0.6) is 0 Å². The zero-order valence-electron chi connectivity index (χ0n) is 22.3. The molecule has 8 rings (SSSR count). The molecule has 0 bridgehead atoms. The van der Waals surface area contributed by atoms with Crippen molar-refractivity contribution < 1.29 is 4.42 Å². The van der Waals surface area contributed by atoms with Crippen molar-refractivity contribution in [3.8, 4) is 45.0 Å². The first kappa shape index (κ1) is 22.9. The van der Waals surface area contributed by atoms with E-state index in [0.717, 1.165) is 55.6 Å². The Labute approximate surface area is 232 Å². The zero-order valence-corrected chi connectivity index (χ0v) is 22.3. The van der Waals surface area contributed by atoms with Crippen molar-refractivity contribution in [2.75, 3.05) is 0 Å². The van der Waals surface area contributed by atoms with Gasteiger partial charge >= 0.3 is 0 Å². The van der Waals surface area contributed by atoms with Crippen molar-refractivity contribution >= 4 is 21.9 Å². The molecule has 2 heterocycles. The molecule has 0 radical (unpaired) electrons. The predicted molar refractivity (Wildman–Crippen MR) is 163 cm³/mol. The summed E-state index contributed by atoms with van der Waals surface area (Å²) in [5.74, 6) is 0.715. The van der Waals surface area contributed by atoms with Crippen LogP contribution in [0.2, 0.25) is 0 Å². The van der Waals surface area contributed by atoms with Crippen molar-refractivity contribution in [3.05, 3.63) is 132 Å². The summed E-state index contributed by atoms with van der Waals surface area (Å²) in [4.78, 5) is 10.6. The van der Waals surface area contributed by atoms with E-state index >= 15 is 0 Å². The van der Waals surface area contributed by atoms with E-state index in [2.05, 4.69) is 117 Å². The fourth-order valence-electron chi connectivity index (χ4n) is 6.34. The second-order valence-electron chi connectivity index (χ2n) is 11.0. The molecule has 40 heavy (non-hydrogen) atoms. The van der Waals surface area contributed by atoms with E-state index in [4.69, 9.17) is 14.4 Å². The SMILES string of the molecule is CC1(C)c2ccccc2-c2nc(-c3cccc(-c4ccccc4)c3)nc(-c3cccc4c3oc3ccccc34)c21. The molecule has 0 N–H and O–H groups in total. The van der Waals surface area contributed by atoms with Crippen molar-refractivity contribution in [2.45, 2.75) is 19.3 Å². The van der Waals surface area contributed by atoms with Gasteiger partial charge in [-0.05, 0) is 34.9 Å². The van der Waals surface area contributed by atoms with Crippen molar-refractivity contribution in [1.29, 1.82) is 0 Å². The molecule has 1 aliphatic rings. The molecule has 190 valence electrons. The molecule has 3 nitrogen and oxygen atoms in total. The minimum Gasteiger partial charge on any atom is -0.455 e. The van der Waals surface area contributed by atoms with Crippen LogP contribution in [0, 0.1) is 0 Å². The van der Waals surface area contributed by atoms with Crippen LogP contribution in [0.3, 0.4) is 0 Å². The minimum atomic E-state index is -0.264. The average Bonchev–Trinajstić information content (AvgIpc) is 3.50. The van der Waals surface area contributed by atoms with E-state index < -0.39 is 0 Å². The molecule has 2 aromatic heterocycles. The molecular formula is C37H26N2O. The lowest BCUT2D eigenvalue weighted by Gasteiger charge is -2.23. The number of hydrogen-bond donors (Lipinski definition) is 0. The number of fused-ring (bicyclic) bond motifs is 6. The Morgan fingerprint density at radius 3 is 2.05 bits per heavy atom. The van der Waals surface area contributed by atoms with Gasteiger partial charge in [0, 0.05) is 38.4 Å². The molecule has 0 amide bonds. The van der Waals surface area contributed by atoms with Gasteiger partial charge in [-0.25, -0.2) is 9.97 Å². The zero-order chi connectivity index (χ0) is 26.8. The third kappa shape index (κ3) is 3.31. The summed E-state index contributed by atoms with van der Waals surface area (Å²) in [6.07, 6.45) is 0. The predicted octanol–water partition coefficient (Wildman–Crippen LogP) is 9.68. The van der Waals surface area contributed by atoms with E-state index in [0.29, 0.717) is 5.82 Å². The fraction of sp³-hybridized carbons (Fsp3) is 0.0811. The van der Waals surface area contributed by atoms with Gasteiger partial charge in [0.15, 0.2) is 5.82 Å². The molecule has 0 fully saturated rings. The monoisotopic (exact) mass is 514 g/mol. The molecule has 7 aromatic rings. The van der Waals surface area contributed by atoms with Gasteiger partial charge in [0.2, 0.25) is 0 Å². The van der Waals surface area contributed by atoms with Crippen LogP contribution in [0.15, 0.2) is 126 Å². The minimum absolute atomic E-state index is 0.264. The first-order valence-corrected chi connectivity index (χ1v) is 13.7. The van der Waals surface area contributed by atoms with Crippen LogP contribution in [0.1, 0.15) is 25.0 Å². The maximum atomic E-state index is 6.51. The summed E-state index contributed by atoms with van der Waals surface area (Å²) in [6.45, 7) is 4.55. The lowest BCUT2D eigenvalue weighted by molar-refractivity contribution is 0.655. The molecule has 0 aliphatic heterocycles. The number of hydrogen-bond acceptors (Lipinski definition) is 3. The Morgan fingerprint density at radius 2 is 1.18 bits per heavy atom. The Kier molecular flexibility index (Phi) is 4.86. The van der Waals surface area contributed by atoms with Gasteiger partial charge in [-0.2, -0.15) is 0 Å². The number of rotatable bonds is 3. The summed E-state index contributed by atoms with van der Waals surface area (Å²) < 4.78 is 6.51. The largest absolute Gasteiger partial charge is 0.455 e. The number of furan rings is 1. The number of aromatic nitrogens is 2. The van der Waals surface area contributed by atoms with E-state index in [1.54, 1.807) is 0 Å². The summed E-state index contributed by atoms with van der Waals surface area (Å²) in [7, 11) is 0. The van der Waals surface area contributed by atoms with Crippen LogP contribution in [0.4, 0.5) is 0 Å². The molecular weight excluding hydrogens is 488 g/mol. The first-order valence-electron chi connectivity index (χ1n) is 13.7. The topological polar surface area (TPSA) is 38.9 Å². The highest BCUT2D eigenvalue weighted by Gasteiger charge is 2.40. The van der Waals surface area contributed by atoms with Crippen molar-refractivity contribution in [3.63, 3.8) is 0 Å². The average molecular weight is 515 g/mol. The van der Waals surface area contributed by atoms with Gasteiger partial charge in [0.25, 0.3) is 0 Å². The molecule has 0 atom stereocenters. The van der Waals surface area contributed by atoms with Gasteiger partial charge in [0.1, 0.15) is 11.2 Å². The van der Waals surface area contributed by atoms with Gasteiger partial charge in [-0.3, -0.25) is 0 Å². The van der Waals surface area contributed by atoms with E-state index in [9.17, 15) is 0 Å². The molecule has 0 spiro atoms. The Balaban J connectivity index is 1.44. The number of nitrogens with zero attached hydrogens (tertiary/aromatic N) is 2. The Bertz CT molecular complexity index is 2090. The molecule has 5 aromatic carbocycles. The van der Waals surface area contributed by atoms with E-state index in [-0.39, 0.29) is 5.41 Å². The van der Waals surface area contributed by atoms with Crippen LogP contribution in [-0.2, 0) is 5.41 Å². The molecule has 3 heteroatoms. The lowest BCUT2D eigenvalue weighted by atomic mass is 9.80. The summed E-state index contributed by atoms with van der Waals surface area (Å²) in [5.41, 5.74) is 11.3. The van der Waals surface area contributed by atoms with Crippen molar-refractivity contribution in [1.82, 2.24) is 9.97 Å². The molecule has 0 unspecified atom stereocenters. The lowest BCUT2D eigenvalue weighted by Crippen LogP contribution is -2.17. The van der Waals surface area contributed by atoms with Gasteiger partial charge < -0.3 is 4.42 Å². The number of benzene rings is 5. The maximum Gasteiger partial charge on any atom is 0.160 e. The summed E-state index contributed by atoms with van der Waals surface area (Å²) in [5, 5.41) is 2.21. The second-order valence-corrected chi connectivity index (χ2v) is 11.0. The third-order valence-electron chi connectivity index (χ3n) is 8.28. The standard InChI is InChI=1S/C37H26N2O/c1-37(2)30-20-8-6-17-28(30)33-32(37)34(29-19-11-18-27-26-16-7-9-21-31(26)40-35(27)29)39-36(38-33)25-15-10-14-24(22-25)23-12-4-3-5-13-23/h3-22H,1-2H3.